The van der Waals surface area contributed by atoms with E-state index in [2.05, 4.69) is 9.71 Å². The van der Waals surface area contributed by atoms with Crippen LogP contribution < -0.4 is 15.0 Å². The number of halogens is 4. The maximum Gasteiger partial charge on any atom is 0.391 e. The SMILES string of the molecule is COc1cc([C@H]2C[C@H](C(F)(F)F)C2)c(F)cc1-n1c(=O)ccc2cc(S(=O)(=O)Nc3ncco3)ccc21. The van der Waals surface area contributed by atoms with Gasteiger partial charge in [0, 0.05) is 17.5 Å². The molecule has 4 aromatic rings. The number of aromatic nitrogens is 2. The maximum atomic E-state index is 15.1. The summed E-state index contributed by atoms with van der Waals surface area (Å²) in [6.45, 7) is 0. The minimum atomic E-state index is -4.33. The van der Waals surface area contributed by atoms with Crippen LogP contribution in [0.25, 0.3) is 16.6 Å². The number of anilines is 1. The maximum absolute atomic E-state index is 15.1. The van der Waals surface area contributed by atoms with Gasteiger partial charge in [0.05, 0.1) is 35.3 Å². The molecule has 194 valence electrons. The van der Waals surface area contributed by atoms with Gasteiger partial charge in [-0.05, 0) is 54.7 Å². The first kappa shape index (κ1) is 24.8. The number of oxazole rings is 1. The summed E-state index contributed by atoms with van der Waals surface area (Å²) in [7, 11) is -2.77. The van der Waals surface area contributed by atoms with Crippen molar-refractivity contribution in [2.24, 2.45) is 5.92 Å². The molecule has 1 saturated carbocycles. The van der Waals surface area contributed by atoms with Crippen molar-refractivity contribution in [2.75, 3.05) is 11.8 Å². The van der Waals surface area contributed by atoms with E-state index < -0.39 is 39.4 Å². The van der Waals surface area contributed by atoms with E-state index in [4.69, 9.17) is 9.15 Å². The third kappa shape index (κ3) is 4.54. The van der Waals surface area contributed by atoms with Crippen molar-refractivity contribution in [1.29, 1.82) is 0 Å². The molecule has 1 aliphatic rings. The molecule has 2 aromatic carbocycles. The average Bonchev–Trinajstić information content (AvgIpc) is 3.30. The fourth-order valence-corrected chi connectivity index (χ4v) is 5.41. The van der Waals surface area contributed by atoms with Crippen LogP contribution in [0.1, 0.15) is 24.3 Å². The van der Waals surface area contributed by atoms with Gasteiger partial charge in [-0.15, -0.1) is 0 Å². The Kier molecular flexibility index (Phi) is 5.97. The van der Waals surface area contributed by atoms with E-state index in [1.165, 1.54) is 56.0 Å². The first-order valence-electron chi connectivity index (χ1n) is 11.0. The Bertz CT molecular complexity index is 1640. The number of hydrogen-bond acceptors (Lipinski definition) is 6. The van der Waals surface area contributed by atoms with Crippen molar-refractivity contribution in [1.82, 2.24) is 9.55 Å². The van der Waals surface area contributed by atoms with E-state index >= 15 is 4.39 Å². The summed E-state index contributed by atoms with van der Waals surface area (Å²) in [6.07, 6.45) is -2.31. The first-order valence-corrected chi connectivity index (χ1v) is 12.5. The monoisotopic (exact) mass is 537 g/mol. The summed E-state index contributed by atoms with van der Waals surface area (Å²) >= 11 is 0. The number of rotatable bonds is 6. The lowest BCUT2D eigenvalue weighted by Gasteiger charge is -2.37. The molecule has 37 heavy (non-hydrogen) atoms. The van der Waals surface area contributed by atoms with Gasteiger partial charge in [0.15, 0.2) is 0 Å². The van der Waals surface area contributed by atoms with Crippen LogP contribution in [0.15, 0.2) is 69.0 Å². The third-order valence-corrected chi connectivity index (χ3v) is 7.73. The molecule has 0 atom stereocenters. The van der Waals surface area contributed by atoms with E-state index in [1.807, 2.05) is 0 Å². The molecule has 1 aliphatic carbocycles. The van der Waals surface area contributed by atoms with E-state index in [0.717, 1.165) is 10.6 Å². The number of fused-ring (bicyclic) bond motifs is 1. The van der Waals surface area contributed by atoms with Gasteiger partial charge in [-0.25, -0.2) is 22.5 Å². The second-order valence-corrected chi connectivity index (χ2v) is 10.3. The number of benzene rings is 2. The summed E-state index contributed by atoms with van der Waals surface area (Å²) in [4.78, 5) is 16.4. The summed E-state index contributed by atoms with van der Waals surface area (Å²) in [5.41, 5.74) is -0.180. The molecule has 1 fully saturated rings. The van der Waals surface area contributed by atoms with Crippen molar-refractivity contribution in [3.63, 3.8) is 0 Å². The average molecular weight is 537 g/mol. The second kappa shape index (κ2) is 8.91. The van der Waals surface area contributed by atoms with Crippen molar-refractivity contribution in [3.8, 4) is 11.4 Å². The fourth-order valence-electron chi connectivity index (χ4n) is 4.44. The lowest BCUT2D eigenvalue weighted by molar-refractivity contribution is -0.197. The van der Waals surface area contributed by atoms with Gasteiger partial charge in [0.1, 0.15) is 17.8 Å². The number of pyridine rings is 1. The van der Waals surface area contributed by atoms with E-state index in [0.29, 0.717) is 5.39 Å². The Morgan fingerprint density at radius 2 is 1.89 bits per heavy atom. The molecular formula is C24H19F4N3O5S. The van der Waals surface area contributed by atoms with E-state index in [9.17, 15) is 26.4 Å². The van der Waals surface area contributed by atoms with Crippen LogP contribution in [-0.2, 0) is 10.0 Å². The van der Waals surface area contributed by atoms with Gasteiger partial charge < -0.3 is 9.15 Å². The molecule has 0 amide bonds. The second-order valence-electron chi connectivity index (χ2n) is 8.62. The zero-order valence-electron chi connectivity index (χ0n) is 19.1. The van der Waals surface area contributed by atoms with Crippen molar-refractivity contribution in [3.05, 3.63) is 76.7 Å². The van der Waals surface area contributed by atoms with Crippen LogP contribution in [0.5, 0.6) is 5.75 Å². The molecular weight excluding hydrogens is 518 g/mol. The van der Waals surface area contributed by atoms with E-state index in [-0.39, 0.29) is 46.3 Å². The topological polar surface area (TPSA) is 103 Å². The number of sulfonamides is 1. The largest absolute Gasteiger partial charge is 0.495 e. The van der Waals surface area contributed by atoms with Crippen LogP contribution in [-0.4, -0.2) is 31.3 Å². The summed E-state index contributed by atoms with van der Waals surface area (Å²) in [5, 5.41) is 0.341. The smallest absolute Gasteiger partial charge is 0.391 e. The lowest BCUT2D eigenvalue weighted by Crippen LogP contribution is -2.34. The molecule has 0 unspecified atom stereocenters. The Morgan fingerprint density at radius 1 is 1.14 bits per heavy atom. The molecule has 0 aliphatic heterocycles. The zero-order valence-corrected chi connectivity index (χ0v) is 19.9. The van der Waals surface area contributed by atoms with Gasteiger partial charge in [0.2, 0.25) is 0 Å². The van der Waals surface area contributed by atoms with Gasteiger partial charge in [-0.1, -0.05) is 0 Å². The highest BCUT2D eigenvalue weighted by molar-refractivity contribution is 7.92. The fraction of sp³-hybridized carbons (Fsp3) is 0.250. The summed E-state index contributed by atoms with van der Waals surface area (Å²) in [5.74, 6) is -2.78. The lowest BCUT2D eigenvalue weighted by atomic mass is 9.71. The van der Waals surface area contributed by atoms with Crippen LogP contribution in [0.4, 0.5) is 23.6 Å². The Hall–Kier alpha value is -3.87. The minimum Gasteiger partial charge on any atom is -0.495 e. The van der Waals surface area contributed by atoms with Gasteiger partial charge in [0.25, 0.3) is 15.6 Å². The minimum absolute atomic E-state index is 0.0274. The van der Waals surface area contributed by atoms with Crippen molar-refractivity contribution >= 4 is 26.9 Å². The molecule has 5 rings (SSSR count). The molecule has 13 heteroatoms. The summed E-state index contributed by atoms with van der Waals surface area (Å²) in [6, 6.07) is 8.69. The van der Waals surface area contributed by atoms with Crippen molar-refractivity contribution < 1.29 is 35.1 Å². The number of nitrogens with one attached hydrogen (secondary N) is 1. The highest BCUT2D eigenvalue weighted by atomic mass is 32.2. The van der Waals surface area contributed by atoms with Crippen LogP contribution in [0, 0.1) is 11.7 Å². The Morgan fingerprint density at radius 3 is 2.54 bits per heavy atom. The highest BCUT2D eigenvalue weighted by Crippen LogP contribution is 2.50. The van der Waals surface area contributed by atoms with Crippen LogP contribution >= 0.6 is 0 Å². The summed E-state index contributed by atoms with van der Waals surface area (Å²) < 4.78 is 92.9. The Balaban J connectivity index is 1.55. The predicted octanol–water partition coefficient (Wildman–Crippen LogP) is 4.98. The number of ether oxygens (including phenoxy) is 1. The third-order valence-electron chi connectivity index (χ3n) is 6.41. The molecule has 0 bridgehead atoms. The number of methoxy groups -OCH3 is 1. The number of nitrogens with zero attached hydrogens (tertiary/aromatic N) is 2. The van der Waals surface area contributed by atoms with Crippen molar-refractivity contribution in [2.45, 2.75) is 29.8 Å². The zero-order chi connectivity index (χ0) is 26.5. The van der Waals surface area contributed by atoms with Crippen LogP contribution in [0.2, 0.25) is 0 Å². The Labute approximate surface area is 207 Å². The van der Waals surface area contributed by atoms with Gasteiger partial charge in [-0.3, -0.25) is 9.36 Å². The number of alkyl halides is 3. The molecule has 8 nitrogen and oxygen atoms in total. The first-order chi connectivity index (χ1) is 17.5. The van der Waals surface area contributed by atoms with E-state index in [1.54, 1.807) is 0 Å². The van der Waals surface area contributed by atoms with Crippen LogP contribution in [0.3, 0.4) is 0 Å². The molecule has 0 saturated heterocycles. The van der Waals surface area contributed by atoms with Gasteiger partial charge in [-0.2, -0.15) is 13.2 Å². The quantitative estimate of drug-likeness (QED) is 0.348. The normalized spacial score (nSPS) is 18.0. The predicted molar refractivity (Wildman–Crippen MR) is 125 cm³/mol. The standard InChI is InChI=1S/C24H19F4N3O5S/c1-35-21-11-17(14-8-15(9-14)24(26,27)28)18(25)12-20(21)31-19-4-3-16(10-13(19)2-5-22(31)32)37(33,34)30-23-29-6-7-36-23/h2-7,10-12,14-15H,8-9H2,1H3,(H,29,30)/t14-,15-. The highest BCUT2D eigenvalue weighted by Gasteiger charge is 2.48. The molecule has 0 radical (unpaired) electrons. The molecule has 1 N–H and O–H groups in total. The van der Waals surface area contributed by atoms with Gasteiger partial charge >= 0.3 is 12.2 Å². The molecule has 2 heterocycles. The number of hydrogen-bond donors (Lipinski definition) is 1. The molecule has 2 aromatic heterocycles. The molecule has 0 spiro atoms.